The molecule has 3 aromatic carbocycles. The maximum Gasteiger partial charge on any atom is 0.157 e. The Morgan fingerprint density at radius 2 is 1.06 bits per heavy atom. The number of fused-ring (bicyclic) bond motifs is 3. The molecule has 0 saturated carbocycles. The molecular formula is C67H100F3N15O3. The first-order chi connectivity index (χ1) is 42.6. The Kier molecular flexibility index (Phi) is 20.0. The quantitative estimate of drug-likeness (QED) is 0.0628. The van der Waals surface area contributed by atoms with E-state index in [-0.39, 0.29) is 84.4 Å². The van der Waals surface area contributed by atoms with Gasteiger partial charge in [-0.3, -0.25) is 37.2 Å². The second-order valence-electron chi connectivity index (χ2n) is 26.7. The number of nitrogens with zero attached hydrogens (tertiary/aromatic N) is 2. The first-order valence-corrected chi connectivity index (χ1v) is 33.3. The van der Waals surface area contributed by atoms with E-state index in [0.717, 1.165) is 130 Å². The van der Waals surface area contributed by atoms with Gasteiger partial charge in [-0.1, -0.05) is 32.1 Å². The number of hydrogen-bond acceptors (Lipinski definition) is 18. The highest BCUT2D eigenvalue weighted by Gasteiger charge is 2.41. The molecule has 482 valence electrons. The fraction of sp³-hybridized carbons (Fsp3) is 0.642. The van der Waals surface area contributed by atoms with Crippen molar-refractivity contribution in [2.24, 2.45) is 17.8 Å². The van der Waals surface area contributed by atoms with E-state index >= 15 is 13.2 Å². The molecule has 0 radical (unpaired) electrons. The minimum atomic E-state index is -0.450. The largest absolute Gasteiger partial charge is 0.492 e. The number of ether oxygens (including phenoxy) is 3. The highest BCUT2D eigenvalue weighted by Crippen LogP contribution is 2.47. The van der Waals surface area contributed by atoms with Crippen LogP contribution in [-0.2, 0) is 19.3 Å². The van der Waals surface area contributed by atoms with Crippen LogP contribution in [0.2, 0.25) is 0 Å². The number of anilines is 3. The van der Waals surface area contributed by atoms with Crippen molar-refractivity contribution >= 4 is 33.8 Å². The smallest absolute Gasteiger partial charge is 0.157 e. The maximum atomic E-state index is 17.6. The zero-order valence-corrected chi connectivity index (χ0v) is 53.4. The molecule has 18 nitrogen and oxygen atoms in total. The van der Waals surface area contributed by atoms with Crippen molar-refractivity contribution in [2.75, 3.05) is 96.6 Å². The van der Waals surface area contributed by atoms with E-state index in [1.165, 1.54) is 0 Å². The van der Waals surface area contributed by atoms with Gasteiger partial charge in [-0.05, 0) is 167 Å². The van der Waals surface area contributed by atoms with E-state index in [1.54, 1.807) is 0 Å². The van der Waals surface area contributed by atoms with Gasteiger partial charge in [-0.25, -0.2) is 13.2 Å². The van der Waals surface area contributed by atoms with Crippen LogP contribution in [-0.4, -0.2) is 158 Å². The molecule has 13 N–H and O–H groups in total. The van der Waals surface area contributed by atoms with E-state index in [2.05, 4.69) is 146 Å². The van der Waals surface area contributed by atoms with E-state index in [1.807, 2.05) is 32.3 Å². The van der Waals surface area contributed by atoms with Gasteiger partial charge in [0.15, 0.2) is 17.5 Å². The second-order valence-corrected chi connectivity index (χ2v) is 26.7. The monoisotopic (exact) mass is 1220 g/mol. The van der Waals surface area contributed by atoms with Crippen LogP contribution in [0.15, 0.2) is 36.4 Å². The van der Waals surface area contributed by atoms with Crippen LogP contribution in [0, 0.1) is 35.2 Å². The molecule has 3 saturated heterocycles. The lowest BCUT2D eigenvalue weighted by atomic mass is 9.88. The second kappa shape index (κ2) is 27.8. The molecule has 12 rings (SSSR count). The summed E-state index contributed by atoms with van der Waals surface area (Å²) in [6, 6.07) is 6.18. The zero-order chi connectivity index (χ0) is 61.3. The lowest BCUT2D eigenvalue weighted by Gasteiger charge is -2.43. The van der Waals surface area contributed by atoms with E-state index in [0.29, 0.717) is 89.5 Å². The van der Waals surface area contributed by atoms with Gasteiger partial charge in [-0.2, -0.15) is 0 Å². The number of hydrogen-bond donors (Lipinski definition) is 13. The third-order valence-corrected chi connectivity index (χ3v) is 20.7. The summed E-state index contributed by atoms with van der Waals surface area (Å²) in [6.45, 7) is 17.0. The van der Waals surface area contributed by atoms with Gasteiger partial charge in [0.2, 0.25) is 0 Å². The summed E-state index contributed by atoms with van der Waals surface area (Å²) < 4.78 is 71.4. The summed E-state index contributed by atoms with van der Waals surface area (Å²) in [4.78, 5) is 4.55. The van der Waals surface area contributed by atoms with E-state index < -0.39 is 12.6 Å². The topological polar surface area (TPSA) is 191 Å². The molecule has 0 aromatic heterocycles. The number of nitrogens with one attached hydrogen (secondary N) is 13. The van der Waals surface area contributed by atoms with E-state index in [4.69, 9.17) is 14.2 Å². The first-order valence-electron chi connectivity index (χ1n) is 33.3. The summed E-state index contributed by atoms with van der Waals surface area (Å²) in [5.74, 6) is 1.83. The summed E-state index contributed by atoms with van der Waals surface area (Å²) in [5.41, 5.74) is 9.06. The summed E-state index contributed by atoms with van der Waals surface area (Å²) in [5, 5.41) is 47.0. The highest BCUT2D eigenvalue weighted by molar-refractivity contribution is 5.80. The molecule has 9 aliphatic heterocycles. The maximum absolute atomic E-state index is 17.6. The highest BCUT2D eigenvalue weighted by atomic mass is 19.1. The average molecular weight is 1220 g/mol. The Labute approximate surface area is 520 Å². The average Bonchev–Trinajstić information content (AvgIpc) is 2.18. The molecule has 9 heterocycles. The summed E-state index contributed by atoms with van der Waals surface area (Å²) >= 11 is 0. The molecule has 14 atom stereocenters. The Hall–Kier alpha value is -5.01. The predicted octanol–water partition coefficient (Wildman–Crippen LogP) is 6.93. The third kappa shape index (κ3) is 13.5. The van der Waals surface area contributed by atoms with Gasteiger partial charge in [0.1, 0.15) is 48.3 Å². The molecule has 3 aromatic rings. The molecule has 0 amide bonds. The number of benzene rings is 3. The van der Waals surface area contributed by atoms with Crippen LogP contribution in [0.3, 0.4) is 0 Å². The molecule has 21 heteroatoms. The minimum absolute atomic E-state index is 0.0318. The first kappa shape index (κ1) is 63.2. The van der Waals surface area contributed by atoms with Gasteiger partial charge in [0.05, 0.1) is 58.9 Å². The Bertz CT molecular complexity index is 3070. The molecular weight excluding hydrogens is 1120 g/mol. The predicted molar refractivity (Wildman–Crippen MR) is 347 cm³/mol. The summed E-state index contributed by atoms with van der Waals surface area (Å²) in [6.07, 6.45) is 14.5. The van der Waals surface area contributed by atoms with Crippen LogP contribution in [0.5, 0.6) is 17.2 Å². The van der Waals surface area contributed by atoms with Gasteiger partial charge in [0, 0.05) is 92.1 Å². The number of halogens is 3. The molecule has 0 spiro atoms. The molecule has 0 aliphatic carbocycles. The van der Waals surface area contributed by atoms with Crippen molar-refractivity contribution in [3.63, 3.8) is 0 Å². The molecule has 9 aliphatic rings. The molecule has 14 unspecified atom stereocenters. The van der Waals surface area contributed by atoms with Crippen molar-refractivity contribution < 1.29 is 27.4 Å². The van der Waals surface area contributed by atoms with Crippen molar-refractivity contribution in [1.82, 2.24) is 63.0 Å². The number of likely N-dealkylation sites (N-methyl/N-ethyl adjacent to an activating group) is 2. The van der Waals surface area contributed by atoms with Crippen molar-refractivity contribution in [1.29, 1.82) is 0 Å². The standard InChI is InChI=1S/C67H100F3N15O3/c1-10-48-38(4)76-66(82-63(48)71-6)79-51-33-44-30-46(87-60(44)55(58(51)70)42-16-13-26-85(9)28-21-42)17-18-49-39(5)77-67(83-64(49)72-7)80-52-34-45-31-47(88-61(45)54(57(52)69)40-14-11-23-73-24-19-40)35-74-62-36(2)37(3)75-65(81-62)78-50-32-43-22-29-86-59(43)53(56(50)68)41-15-12-25-84(8)27-20-41/h19-21,32-34,36-39,46-49,62-67,71-83H,10-18,22-31,35H2,1-9H3. The Balaban J connectivity index is 0.707. The zero-order valence-electron chi connectivity index (χ0n) is 53.4. The van der Waals surface area contributed by atoms with Crippen molar-refractivity contribution in [3.05, 3.63) is 87.3 Å². The van der Waals surface area contributed by atoms with Crippen molar-refractivity contribution in [2.45, 2.75) is 179 Å². The fourth-order valence-corrected chi connectivity index (χ4v) is 15.5. The van der Waals surface area contributed by atoms with Crippen LogP contribution in [0.1, 0.15) is 126 Å². The van der Waals surface area contributed by atoms with Crippen LogP contribution in [0.25, 0.3) is 16.7 Å². The van der Waals surface area contributed by atoms with Crippen LogP contribution < -0.4 is 83.3 Å². The summed E-state index contributed by atoms with van der Waals surface area (Å²) in [7, 11) is 8.17. The van der Waals surface area contributed by atoms with Gasteiger partial charge in [0.25, 0.3) is 0 Å². The SMILES string of the molecule is CCC1C(C)NC(Nc2cc3c(c(C4=CCN(C)CCC4)c2F)OC(CCC2C(C)NC(Nc4cc5c(c(C6=CCNCCC6)c4F)OC(CNC4NC(Nc6cc7c(c(C8=CCN(C)CCC8)c6F)OCC7)NC(C)C4C)C5)NC2NC)C3)NC1NC. The normalized spacial score (nSPS) is 32.0. The fourth-order valence-electron chi connectivity index (χ4n) is 15.5. The minimum Gasteiger partial charge on any atom is -0.492 e. The molecule has 0 bridgehead atoms. The van der Waals surface area contributed by atoms with Crippen LogP contribution in [0.4, 0.5) is 30.2 Å². The van der Waals surface area contributed by atoms with Gasteiger partial charge in [-0.15, -0.1) is 0 Å². The van der Waals surface area contributed by atoms with Crippen LogP contribution >= 0.6 is 0 Å². The number of rotatable bonds is 18. The molecule has 3 fully saturated rings. The lowest BCUT2D eigenvalue weighted by molar-refractivity contribution is 0.131. The molecule has 88 heavy (non-hydrogen) atoms. The number of allylic oxidation sites excluding steroid dienone is 3. The van der Waals surface area contributed by atoms with Gasteiger partial charge < -0.3 is 55.9 Å². The Morgan fingerprint density at radius 3 is 1.65 bits per heavy atom. The van der Waals surface area contributed by atoms with Crippen molar-refractivity contribution in [3.8, 4) is 17.2 Å². The van der Waals surface area contributed by atoms with Gasteiger partial charge >= 0.3 is 0 Å². The third-order valence-electron chi connectivity index (χ3n) is 20.7. The van der Waals surface area contributed by atoms with E-state index in [9.17, 15) is 0 Å². The lowest BCUT2D eigenvalue weighted by Crippen LogP contribution is -2.68. The Morgan fingerprint density at radius 1 is 0.557 bits per heavy atom.